The van der Waals surface area contributed by atoms with Crippen molar-refractivity contribution in [1.29, 1.82) is 0 Å². The summed E-state index contributed by atoms with van der Waals surface area (Å²) in [5.74, 6) is -4.32. The van der Waals surface area contributed by atoms with Crippen molar-refractivity contribution in [3.8, 4) is 17.2 Å². The van der Waals surface area contributed by atoms with Gasteiger partial charge >= 0.3 is 5.69 Å². The van der Waals surface area contributed by atoms with Gasteiger partial charge in [-0.2, -0.15) is 0 Å². The Kier molecular flexibility index (Phi) is 6.45. The van der Waals surface area contributed by atoms with Crippen LogP contribution in [-0.2, 0) is 6.54 Å². The van der Waals surface area contributed by atoms with Crippen LogP contribution in [0.3, 0.4) is 0 Å². The zero-order valence-electron chi connectivity index (χ0n) is 16.8. The first kappa shape index (κ1) is 23.9. The topological polar surface area (TPSA) is 124 Å². The zero-order valence-corrected chi connectivity index (χ0v) is 18.3. The van der Waals surface area contributed by atoms with Gasteiger partial charge in [-0.25, -0.2) is 41.9 Å². The molecule has 0 aliphatic heterocycles. The Morgan fingerprint density at radius 3 is 2.38 bits per heavy atom. The highest BCUT2D eigenvalue weighted by Gasteiger charge is 2.48. The van der Waals surface area contributed by atoms with Gasteiger partial charge in [-0.3, -0.25) is 0 Å². The molecule has 10 nitrogen and oxygen atoms in total. The molecule has 34 heavy (non-hydrogen) atoms. The van der Waals surface area contributed by atoms with Crippen LogP contribution < -0.4 is 5.69 Å². The maximum atomic E-state index is 14.9. The van der Waals surface area contributed by atoms with Gasteiger partial charge in [0, 0.05) is 16.8 Å². The number of benzene rings is 1. The first-order chi connectivity index (χ1) is 16.1. The van der Waals surface area contributed by atoms with Crippen molar-refractivity contribution in [1.82, 2.24) is 34.1 Å². The minimum Gasteiger partial charge on any atom is -0.357 e. The SMILES string of the molecule is O=c1n(Cc2ncn(-c3ncccc3Cl)n2)nc(-c2ccc(Cl)cc2)n1C(F)C(O)(O)C(F)F. The van der Waals surface area contributed by atoms with Gasteiger partial charge in [0.05, 0.1) is 5.02 Å². The summed E-state index contributed by atoms with van der Waals surface area (Å²) < 4.78 is 43.1. The Labute approximate surface area is 198 Å². The number of aromatic nitrogens is 7. The first-order valence-corrected chi connectivity index (χ1v) is 10.2. The summed E-state index contributed by atoms with van der Waals surface area (Å²) in [6.07, 6.45) is -4.42. The molecule has 15 heteroatoms. The van der Waals surface area contributed by atoms with Crippen LogP contribution in [0.2, 0.25) is 10.0 Å². The Balaban J connectivity index is 1.77. The van der Waals surface area contributed by atoms with Crippen molar-refractivity contribution in [2.45, 2.75) is 25.1 Å². The molecular weight excluding hydrogens is 502 g/mol. The molecule has 1 unspecified atom stereocenters. The Hall–Kier alpha value is -3.26. The molecule has 0 saturated heterocycles. The molecule has 3 heterocycles. The molecule has 0 aliphatic rings. The van der Waals surface area contributed by atoms with Crippen LogP contribution in [0.15, 0.2) is 53.7 Å². The van der Waals surface area contributed by atoms with Crippen LogP contribution in [0.1, 0.15) is 12.1 Å². The minimum absolute atomic E-state index is 0.0275. The number of nitrogens with zero attached hydrogens (tertiary/aromatic N) is 7. The van der Waals surface area contributed by atoms with E-state index in [9.17, 15) is 28.2 Å². The average molecular weight is 516 g/mol. The summed E-state index contributed by atoms with van der Waals surface area (Å²) in [5, 5.41) is 27.9. The molecule has 4 aromatic rings. The predicted octanol–water partition coefficient (Wildman–Crippen LogP) is 2.46. The van der Waals surface area contributed by atoms with Gasteiger partial charge < -0.3 is 10.2 Å². The molecule has 1 atom stereocenters. The smallest absolute Gasteiger partial charge is 0.349 e. The summed E-state index contributed by atoms with van der Waals surface area (Å²) in [6.45, 7) is -0.408. The second-order valence-corrected chi connectivity index (χ2v) is 7.82. The standard InChI is InChI=1S/C19H14Cl2F3N7O3/c20-11-5-3-10(4-6-11)14-28-29(18(32)31(14)17(24)19(33,34)16(22)23)8-13-26-9-30(27-13)15-12(21)2-1-7-25-15/h1-7,9,16-17,33-34H,8H2. The largest absolute Gasteiger partial charge is 0.357 e. The fourth-order valence-corrected chi connectivity index (χ4v) is 3.30. The minimum atomic E-state index is -4.16. The fraction of sp³-hybridized carbons (Fsp3) is 0.211. The molecule has 3 aromatic heterocycles. The van der Waals surface area contributed by atoms with E-state index in [1.165, 1.54) is 41.5 Å². The van der Waals surface area contributed by atoms with Crippen LogP contribution in [0, 0.1) is 0 Å². The van der Waals surface area contributed by atoms with Gasteiger partial charge in [-0.1, -0.05) is 23.2 Å². The summed E-state index contributed by atoms with van der Waals surface area (Å²) in [4.78, 5) is 21.0. The quantitative estimate of drug-likeness (QED) is 0.362. The predicted molar refractivity (Wildman–Crippen MR) is 114 cm³/mol. The van der Waals surface area contributed by atoms with Gasteiger partial charge in [0.15, 0.2) is 17.5 Å². The number of aliphatic hydroxyl groups is 2. The number of halogens is 5. The van der Waals surface area contributed by atoms with E-state index >= 15 is 0 Å². The summed E-state index contributed by atoms with van der Waals surface area (Å²) >= 11 is 11.9. The highest BCUT2D eigenvalue weighted by atomic mass is 35.5. The molecule has 1 aromatic carbocycles. The molecule has 4 rings (SSSR count). The molecule has 0 aliphatic carbocycles. The lowest BCUT2D eigenvalue weighted by Gasteiger charge is -2.25. The number of alkyl halides is 3. The van der Waals surface area contributed by atoms with Crippen LogP contribution >= 0.6 is 23.2 Å². The van der Waals surface area contributed by atoms with Crippen molar-refractivity contribution in [3.63, 3.8) is 0 Å². The number of pyridine rings is 1. The molecule has 0 amide bonds. The lowest BCUT2D eigenvalue weighted by Crippen LogP contribution is -2.47. The fourth-order valence-electron chi connectivity index (χ4n) is 2.97. The van der Waals surface area contributed by atoms with Crippen LogP contribution in [0.5, 0.6) is 0 Å². The van der Waals surface area contributed by atoms with Crippen molar-refractivity contribution in [2.24, 2.45) is 0 Å². The molecule has 0 radical (unpaired) electrons. The highest BCUT2D eigenvalue weighted by Crippen LogP contribution is 2.31. The number of rotatable bonds is 7. The molecule has 0 bridgehead atoms. The Morgan fingerprint density at radius 2 is 1.74 bits per heavy atom. The van der Waals surface area contributed by atoms with Gasteiger partial charge in [0.1, 0.15) is 12.9 Å². The monoisotopic (exact) mass is 515 g/mol. The summed E-state index contributed by atoms with van der Waals surface area (Å²) in [5.41, 5.74) is -1.15. The maximum Gasteiger partial charge on any atom is 0.349 e. The second-order valence-electron chi connectivity index (χ2n) is 6.97. The van der Waals surface area contributed by atoms with E-state index < -0.39 is 36.6 Å². The van der Waals surface area contributed by atoms with E-state index in [2.05, 4.69) is 20.2 Å². The van der Waals surface area contributed by atoms with E-state index in [1.807, 2.05) is 0 Å². The van der Waals surface area contributed by atoms with Crippen molar-refractivity contribution in [3.05, 3.63) is 75.3 Å². The van der Waals surface area contributed by atoms with Crippen molar-refractivity contribution < 1.29 is 23.4 Å². The highest BCUT2D eigenvalue weighted by molar-refractivity contribution is 6.32. The molecule has 0 saturated carbocycles. The Morgan fingerprint density at radius 1 is 1.03 bits per heavy atom. The lowest BCUT2D eigenvalue weighted by atomic mass is 10.2. The zero-order chi connectivity index (χ0) is 24.6. The average Bonchev–Trinajstić information content (AvgIpc) is 3.39. The van der Waals surface area contributed by atoms with E-state index in [-0.39, 0.29) is 26.8 Å². The third kappa shape index (κ3) is 4.42. The van der Waals surface area contributed by atoms with Gasteiger partial charge in [0.2, 0.25) is 6.30 Å². The van der Waals surface area contributed by atoms with Gasteiger partial charge in [-0.05, 0) is 36.4 Å². The van der Waals surface area contributed by atoms with E-state index in [0.29, 0.717) is 9.70 Å². The molecule has 0 spiro atoms. The number of hydrogen-bond donors (Lipinski definition) is 2. The first-order valence-electron chi connectivity index (χ1n) is 9.43. The summed E-state index contributed by atoms with van der Waals surface area (Å²) in [7, 11) is 0. The van der Waals surface area contributed by atoms with Crippen LogP contribution in [-0.4, -0.2) is 56.5 Å². The molecule has 2 N–H and O–H groups in total. The van der Waals surface area contributed by atoms with Crippen LogP contribution in [0.4, 0.5) is 13.2 Å². The third-order valence-corrected chi connectivity index (χ3v) is 5.20. The van der Waals surface area contributed by atoms with Crippen LogP contribution in [0.25, 0.3) is 17.2 Å². The van der Waals surface area contributed by atoms with E-state index in [4.69, 9.17) is 23.2 Å². The molecular formula is C19H14Cl2F3N7O3. The second kappa shape index (κ2) is 9.18. The molecule has 178 valence electrons. The van der Waals surface area contributed by atoms with Gasteiger partial charge in [0.25, 0.3) is 12.2 Å². The lowest BCUT2D eigenvalue weighted by molar-refractivity contribution is -0.289. The Bertz CT molecular complexity index is 1370. The van der Waals surface area contributed by atoms with Crippen molar-refractivity contribution >= 4 is 23.2 Å². The number of hydrogen-bond acceptors (Lipinski definition) is 7. The summed E-state index contributed by atoms with van der Waals surface area (Å²) in [6, 6.07) is 8.70. The molecule has 0 fully saturated rings. The van der Waals surface area contributed by atoms with E-state index in [1.54, 1.807) is 12.1 Å². The van der Waals surface area contributed by atoms with Gasteiger partial charge in [-0.15, -0.1) is 10.2 Å². The third-order valence-electron chi connectivity index (χ3n) is 4.66. The van der Waals surface area contributed by atoms with Crippen molar-refractivity contribution in [2.75, 3.05) is 0 Å². The van der Waals surface area contributed by atoms with E-state index in [0.717, 1.165) is 0 Å². The normalized spacial score (nSPS) is 12.9. The maximum absolute atomic E-state index is 14.9.